The summed E-state index contributed by atoms with van der Waals surface area (Å²) in [7, 11) is 3.38. The van der Waals surface area contributed by atoms with Gasteiger partial charge >= 0.3 is 0 Å². The summed E-state index contributed by atoms with van der Waals surface area (Å²) in [6.45, 7) is 3.89. The molecule has 21 heavy (non-hydrogen) atoms. The molecule has 1 aliphatic heterocycles. The van der Waals surface area contributed by atoms with Gasteiger partial charge in [0.25, 0.3) is 5.91 Å². The monoisotopic (exact) mass is 324 g/mol. The number of carbonyl (C=O) groups is 1. The number of thioether (sulfide) groups is 1. The van der Waals surface area contributed by atoms with Crippen LogP contribution in [0.3, 0.4) is 0 Å². The summed E-state index contributed by atoms with van der Waals surface area (Å²) >= 11 is 7.56. The van der Waals surface area contributed by atoms with Crippen LogP contribution in [0.1, 0.15) is 19.4 Å². The maximum absolute atomic E-state index is 12.1. The van der Waals surface area contributed by atoms with Crippen molar-refractivity contribution in [2.75, 3.05) is 14.1 Å². The quantitative estimate of drug-likeness (QED) is 0.797. The minimum absolute atomic E-state index is 0.0563. The van der Waals surface area contributed by atoms with E-state index >= 15 is 0 Å². The Morgan fingerprint density at radius 2 is 2.14 bits per heavy atom. The fraction of sp³-hybridized carbons (Fsp3) is 0.333. The van der Waals surface area contributed by atoms with Crippen molar-refractivity contribution < 1.29 is 9.53 Å². The highest BCUT2D eigenvalue weighted by atomic mass is 35.5. The van der Waals surface area contributed by atoms with Gasteiger partial charge in [0.2, 0.25) is 0 Å². The molecule has 6 heteroatoms. The van der Waals surface area contributed by atoms with Gasteiger partial charge in [-0.15, -0.1) is 0 Å². The smallest absolute Gasteiger partial charge is 0.266 e. The first-order chi connectivity index (χ1) is 9.92. The number of aliphatic imine (C=N–C) groups is 1. The van der Waals surface area contributed by atoms with Crippen LogP contribution in [0.2, 0.25) is 5.02 Å². The first-order valence-corrected chi connectivity index (χ1v) is 7.72. The van der Waals surface area contributed by atoms with Crippen LogP contribution in [-0.2, 0) is 4.79 Å². The van der Waals surface area contributed by atoms with Gasteiger partial charge in [0.15, 0.2) is 5.17 Å². The zero-order valence-electron chi connectivity index (χ0n) is 12.4. The third-order valence-corrected chi connectivity index (χ3v) is 4.26. The maximum Gasteiger partial charge on any atom is 0.266 e. The van der Waals surface area contributed by atoms with Crippen molar-refractivity contribution in [2.45, 2.75) is 20.0 Å². The molecule has 0 saturated carbocycles. The number of amidine groups is 1. The number of hydrogen-bond acceptors (Lipinski definition) is 4. The third kappa shape index (κ3) is 3.60. The van der Waals surface area contributed by atoms with E-state index in [2.05, 4.69) is 4.99 Å². The van der Waals surface area contributed by atoms with Crippen molar-refractivity contribution in [1.29, 1.82) is 0 Å². The molecule has 0 aliphatic carbocycles. The number of carbonyl (C=O) groups excluding carboxylic acids is 1. The molecule has 1 aromatic carbocycles. The lowest BCUT2D eigenvalue weighted by atomic mass is 10.2. The van der Waals surface area contributed by atoms with E-state index in [9.17, 15) is 4.79 Å². The van der Waals surface area contributed by atoms with Gasteiger partial charge in [-0.3, -0.25) is 14.7 Å². The summed E-state index contributed by atoms with van der Waals surface area (Å²) < 4.78 is 5.59. The van der Waals surface area contributed by atoms with Crippen LogP contribution in [0.5, 0.6) is 5.75 Å². The van der Waals surface area contributed by atoms with Gasteiger partial charge in [0, 0.05) is 14.1 Å². The molecule has 1 amide bonds. The van der Waals surface area contributed by atoms with Crippen molar-refractivity contribution >= 4 is 40.5 Å². The zero-order valence-corrected chi connectivity index (χ0v) is 14.0. The number of likely N-dealkylation sites (N-methyl/N-ethyl adjacent to an activating group) is 1. The van der Waals surface area contributed by atoms with Crippen LogP contribution in [0.25, 0.3) is 6.08 Å². The van der Waals surface area contributed by atoms with Gasteiger partial charge in [-0.2, -0.15) is 0 Å². The molecule has 0 radical (unpaired) electrons. The number of ether oxygens (including phenoxy) is 1. The number of rotatable bonds is 3. The van der Waals surface area contributed by atoms with Gasteiger partial charge in [-0.1, -0.05) is 17.7 Å². The normalized spacial score (nSPS) is 19.1. The van der Waals surface area contributed by atoms with E-state index in [1.807, 2.05) is 32.1 Å². The molecule has 2 rings (SSSR count). The highest BCUT2D eigenvalue weighted by Gasteiger charge is 2.29. The SMILES string of the molecule is CN=C1S/C(=C\c2ccc(OC(C)C)c(Cl)c2)C(=O)N1C. The number of nitrogens with zero attached hydrogens (tertiary/aromatic N) is 2. The van der Waals surface area contributed by atoms with E-state index in [1.54, 1.807) is 20.2 Å². The molecular formula is C15H17ClN2O2S. The molecule has 0 atom stereocenters. The fourth-order valence-electron chi connectivity index (χ4n) is 1.86. The van der Waals surface area contributed by atoms with Crippen LogP contribution in [0.15, 0.2) is 28.1 Å². The summed E-state index contributed by atoms with van der Waals surface area (Å²) in [5.74, 6) is 0.589. The van der Waals surface area contributed by atoms with Crippen molar-refractivity contribution in [1.82, 2.24) is 4.90 Å². The number of hydrogen-bond donors (Lipinski definition) is 0. The van der Waals surface area contributed by atoms with Crippen LogP contribution < -0.4 is 4.74 Å². The minimum atomic E-state index is -0.0563. The average Bonchev–Trinajstić information content (AvgIpc) is 2.69. The predicted octanol–water partition coefficient (Wildman–Crippen LogP) is 3.66. The van der Waals surface area contributed by atoms with Crippen molar-refractivity contribution in [3.05, 3.63) is 33.7 Å². The van der Waals surface area contributed by atoms with Crippen LogP contribution in [-0.4, -0.2) is 36.2 Å². The summed E-state index contributed by atoms with van der Waals surface area (Å²) in [4.78, 5) is 18.3. The highest BCUT2D eigenvalue weighted by Crippen LogP contribution is 2.33. The van der Waals surface area contributed by atoms with Crippen LogP contribution in [0.4, 0.5) is 0 Å². The first-order valence-electron chi connectivity index (χ1n) is 6.53. The summed E-state index contributed by atoms with van der Waals surface area (Å²) in [6, 6.07) is 5.49. The highest BCUT2D eigenvalue weighted by molar-refractivity contribution is 8.18. The molecule has 1 aliphatic rings. The molecular weight excluding hydrogens is 308 g/mol. The Hall–Kier alpha value is -1.46. The average molecular weight is 325 g/mol. The zero-order chi connectivity index (χ0) is 15.6. The number of amides is 1. The second kappa shape index (κ2) is 6.54. The molecule has 0 unspecified atom stereocenters. The molecule has 1 fully saturated rings. The van der Waals surface area contributed by atoms with Crippen molar-refractivity contribution in [2.24, 2.45) is 4.99 Å². The van der Waals surface area contributed by atoms with E-state index in [0.717, 1.165) is 5.56 Å². The fourth-order valence-corrected chi connectivity index (χ4v) is 3.02. The summed E-state index contributed by atoms with van der Waals surface area (Å²) in [6.07, 6.45) is 1.88. The Kier molecular flexibility index (Phi) is 4.96. The third-order valence-electron chi connectivity index (χ3n) is 2.81. The lowest BCUT2D eigenvalue weighted by Gasteiger charge is -2.11. The van der Waals surface area contributed by atoms with Crippen molar-refractivity contribution in [3.8, 4) is 5.75 Å². The molecule has 1 heterocycles. The van der Waals surface area contributed by atoms with E-state index in [1.165, 1.54) is 16.7 Å². The van der Waals surface area contributed by atoms with Gasteiger partial charge in [-0.25, -0.2) is 0 Å². The molecule has 112 valence electrons. The van der Waals surface area contributed by atoms with E-state index in [4.69, 9.17) is 16.3 Å². The molecule has 0 bridgehead atoms. The van der Waals surface area contributed by atoms with Gasteiger partial charge in [0.05, 0.1) is 16.0 Å². The Labute approximate surface area is 133 Å². The van der Waals surface area contributed by atoms with Crippen LogP contribution >= 0.6 is 23.4 Å². The van der Waals surface area contributed by atoms with Gasteiger partial charge < -0.3 is 4.74 Å². The Morgan fingerprint density at radius 3 is 2.67 bits per heavy atom. The van der Waals surface area contributed by atoms with E-state index in [-0.39, 0.29) is 12.0 Å². The minimum Gasteiger partial charge on any atom is -0.489 e. The molecule has 0 N–H and O–H groups in total. The lowest BCUT2D eigenvalue weighted by Crippen LogP contribution is -2.23. The maximum atomic E-state index is 12.1. The van der Waals surface area contributed by atoms with Gasteiger partial charge in [-0.05, 0) is 49.4 Å². The Bertz CT molecular complexity index is 626. The number of benzene rings is 1. The second-order valence-electron chi connectivity index (χ2n) is 4.84. The van der Waals surface area contributed by atoms with Crippen LogP contribution in [0, 0.1) is 0 Å². The van der Waals surface area contributed by atoms with Gasteiger partial charge in [0.1, 0.15) is 5.75 Å². The Balaban J connectivity index is 2.26. The van der Waals surface area contributed by atoms with E-state index < -0.39 is 0 Å². The standard InChI is InChI=1S/C15H17ClN2O2S/c1-9(2)20-12-6-5-10(7-11(12)16)8-13-14(19)18(4)15(17-3)21-13/h5-9H,1-4H3/b13-8-,17-15?. The van der Waals surface area contributed by atoms with Crippen molar-refractivity contribution in [3.63, 3.8) is 0 Å². The first kappa shape index (κ1) is 15.9. The summed E-state index contributed by atoms with van der Waals surface area (Å²) in [5, 5.41) is 1.23. The summed E-state index contributed by atoms with van der Waals surface area (Å²) in [5.41, 5.74) is 0.859. The van der Waals surface area contributed by atoms with E-state index in [0.29, 0.717) is 20.8 Å². The number of halogens is 1. The lowest BCUT2D eigenvalue weighted by molar-refractivity contribution is -0.121. The topological polar surface area (TPSA) is 41.9 Å². The molecule has 0 aromatic heterocycles. The molecule has 1 saturated heterocycles. The Morgan fingerprint density at radius 1 is 1.43 bits per heavy atom. The largest absolute Gasteiger partial charge is 0.489 e. The molecule has 4 nitrogen and oxygen atoms in total. The predicted molar refractivity (Wildman–Crippen MR) is 88.9 cm³/mol. The molecule has 1 aromatic rings. The molecule has 0 spiro atoms. The second-order valence-corrected chi connectivity index (χ2v) is 6.25.